The number of carbonyl (C=O) groups excluding carboxylic acids is 1. The zero-order valence-electron chi connectivity index (χ0n) is 14.1. The van der Waals surface area contributed by atoms with Gasteiger partial charge in [-0.3, -0.25) is 4.79 Å². The Bertz CT molecular complexity index is 804. The lowest BCUT2D eigenvalue weighted by molar-refractivity contribution is -0.0243. The fourth-order valence-corrected chi connectivity index (χ4v) is 3.00. The second-order valence-electron chi connectivity index (χ2n) is 5.71. The maximum Gasteiger partial charge on any atom is 0.257 e. The van der Waals surface area contributed by atoms with Gasteiger partial charge in [0.2, 0.25) is 0 Å². The lowest BCUT2D eigenvalue weighted by atomic mass is 10.1. The maximum absolute atomic E-state index is 14.0. The van der Waals surface area contributed by atoms with Crippen LogP contribution in [0.4, 0.5) is 10.1 Å². The molecule has 5 nitrogen and oxygen atoms in total. The van der Waals surface area contributed by atoms with Crippen molar-refractivity contribution in [3.05, 3.63) is 58.4 Å². The van der Waals surface area contributed by atoms with E-state index in [1.165, 1.54) is 25.3 Å². The van der Waals surface area contributed by atoms with Gasteiger partial charge in [-0.25, -0.2) is 4.39 Å². The lowest BCUT2D eigenvalue weighted by Crippen LogP contribution is -2.42. The van der Waals surface area contributed by atoms with Crippen LogP contribution in [0.1, 0.15) is 22.0 Å². The molecule has 1 amide bonds. The summed E-state index contributed by atoms with van der Waals surface area (Å²) < 4.78 is 24.9. The molecule has 26 heavy (non-hydrogen) atoms. The first-order valence-electron chi connectivity index (χ1n) is 7.79. The van der Waals surface area contributed by atoms with Crippen LogP contribution in [0.15, 0.2) is 36.4 Å². The average Bonchev–Trinajstić information content (AvgIpc) is 2.63. The summed E-state index contributed by atoms with van der Waals surface area (Å²) in [5, 5.41) is 0.281. The van der Waals surface area contributed by atoms with E-state index in [2.05, 4.69) is 0 Å². The van der Waals surface area contributed by atoms with Gasteiger partial charge >= 0.3 is 0 Å². The van der Waals surface area contributed by atoms with E-state index in [1.54, 1.807) is 23.1 Å². The molecule has 1 aliphatic rings. The van der Waals surface area contributed by atoms with Crippen LogP contribution in [0.2, 0.25) is 5.02 Å². The van der Waals surface area contributed by atoms with E-state index < -0.39 is 6.10 Å². The number of ether oxygens (including phenoxy) is 2. The number of halogens is 3. The van der Waals surface area contributed by atoms with Gasteiger partial charge in [-0.05, 0) is 12.1 Å². The number of amides is 1. The maximum atomic E-state index is 14.0. The Balaban J connectivity index is 0.00000243. The van der Waals surface area contributed by atoms with Crippen molar-refractivity contribution in [1.82, 2.24) is 4.90 Å². The molecule has 1 fully saturated rings. The third kappa shape index (κ3) is 4.03. The Kier molecular flexibility index (Phi) is 6.69. The molecule has 2 aromatic carbocycles. The predicted octanol–water partition coefficient (Wildman–Crippen LogP) is 3.71. The van der Waals surface area contributed by atoms with Crippen LogP contribution in [-0.4, -0.2) is 37.6 Å². The number of hydrogen-bond donors (Lipinski definition) is 1. The molecule has 1 saturated heterocycles. The van der Waals surface area contributed by atoms with Crippen molar-refractivity contribution in [2.75, 3.05) is 32.5 Å². The van der Waals surface area contributed by atoms with Crippen LogP contribution < -0.4 is 10.5 Å². The summed E-state index contributed by atoms with van der Waals surface area (Å²) in [6.45, 7) is 0.954. The van der Waals surface area contributed by atoms with Crippen LogP contribution in [0.5, 0.6) is 5.75 Å². The Morgan fingerprint density at radius 1 is 1.38 bits per heavy atom. The SMILES string of the molecule is COc1cc(N)c(Cl)cc1C(=O)N1CCOC(c2ccccc2F)C1.Cl. The number of nitrogens with zero attached hydrogens (tertiary/aromatic N) is 1. The van der Waals surface area contributed by atoms with Gasteiger partial charge in [0.05, 0.1) is 36.5 Å². The number of morpholine rings is 1. The summed E-state index contributed by atoms with van der Waals surface area (Å²) in [5.41, 5.74) is 6.84. The first-order chi connectivity index (χ1) is 12.0. The van der Waals surface area contributed by atoms with Gasteiger partial charge in [-0.15, -0.1) is 12.4 Å². The number of nitrogen functional groups attached to an aromatic ring is 1. The molecule has 0 aliphatic carbocycles. The minimum absolute atomic E-state index is 0. The van der Waals surface area contributed by atoms with E-state index in [0.717, 1.165) is 0 Å². The summed E-state index contributed by atoms with van der Waals surface area (Å²) in [5.74, 6) is -0.265. The average molecular weight is 401 g/mol. The zero-order chi connectivity index (χ0) is 18.0. The summed E-state index contributed by atoms with van der Waals surface area (Å²) in [6.07, 6.45) is -0.519. The molecular weight excluding hydrogens is 382 g/mol. The van der Waals surface area contributed by atoms with Crippen LogP contribution in [-0.2, 0) is 4.74 Å². The highest BCUT2D eigenvalue weighted by Crippen LogP contribution is 2.31. The van der Waals surface area contributed by atoms with Crippen molar-refractivity contribution in [2.24, 2.45) is 0 Å². The first kappa shape index (κ1) is 20.3. The number of methoxy groups -OCH3 is 1. The number of hydrogen-bond acceptors (Lipinski definition) is 4. The van der Waals surface area contributed by atoms with E-state index in [1.807, 2.05) is 0 Å². The molecule has 1 aliphatic heterocycles. The molecule has 2 N–H and O–H groups in total. The molecule has 2 aromatic rings. The quantitative estimate of drug-likeness (QED) is 0.797. The van der Waals surface area contributed by atoms with Crippen molar-refractivity contribution in [1.29, 1.82) is 0 Å². The van der Waals surface area contributed by atoms with Crippen molar-refractivity contribution >= 4 is 35.6 Å². The molecule has 3 rings (SSSR count). The molecule has 1 atom stereocenters. The van der Waals surface area contributed by atoms with E-state index >= 15 is 0 Å². The van der Waals surface area contributed by atoms with E-state index in [4.69, 9.17) is 26.8 Å². The van der Waals surface area contributed by atoms with Gasteiger partial charge in [-0.1, -0.05) is 29.8 Å². The number of benzene rings is 2. The van der Waals surface area contributed by atoms with Gasteiger partial charge in [0.15, 0.2) is 0 Å². The Labute approximate surface area is 162 Å². The largest absolute Gasteiger partial charge is 0.496 e. The standard InChI is InChI=1S/C18H18ClFN2O3.ClH/c1-24-16-9-15(21)13(19)8-12(16)18(23)22-6-7-25-17(10-22)11-4-2-3-5-14(11)20;/h2-5,8-9,17H,6-7,10,21H2,1H3;1H. The summed E-state index contributed by atoms with van der Waals surface area (Å²) in [7, 11) is 1.46. The fourth-order valence-electron chi connectivity index (χ4n) is 2.83. The van der Waals surface area contributed by atoms with Gasteiger partial charge in [-0.2, -0.15) is 0 Å². The van der Waals surface area contributed by atoms with Crippen molar-refractivity contribution in [3.63, 3.8) is 0 Å². The number of carbonyl (C=O) groups is 1. The normalized spacial score (nSPS) is 16.7. The predicted molar refractivity (Wildman–Crippen MR) is 101 cm³/mol. The summed E-state index contributed by atoms with van der Waals surface area (Å²) in [6, 6.07) is 9.41. The highest BCUT2D eigenvalue weighted by molar-refractivity contribution is 6.33. The van der Waals surface area contributed by atoms with Gasteiger partial charge in [0, 0.05) is 18.2 Å². The molecule has 0 radical (unpaired) electrons. The highest BCUT2D eigenvalue weighted by Gasteiger charge is 2.29. The second kappa shape index (κ2) is 8.58. The van der Waals surface area contributed by atoms with Crippen molar-refractivity contribution in [2.45, 2.75) is 6.10 Å². The monoisotopic (exact) mass is 400 g/mol. The Morgan fingerprint density at radius 3 is 2.81 bits per heavy atom. The van der Waals surface area contributed by atoms with Crippen LogP contribution in [0, 0.1) is 5.82 Å². The minimum Gasteiger partial charge on any atom is -0.496 e. The fraction of sp³-hybridized carbons (Fsp3) is 0.278. The van der Waals surface area contributed by atoms with E-state index in [0.29, 0.717) is 35.7 Å². The van der Waals surface area contributed by atoms with Crippen LogP contribution in [0.3, 0.4) is 0 Å². The van der Waals surface area contributed by atoms with Crippen LogP contribution in [0.25, 0.3) is 0 Å². The third-order valence-corrected chi connectivity index (χ3v) is 4.48. The summed E-state index contributed by atoms with van der Waals surface area (Å²) in [4.78, 5) is 14.5. The minimum atomic E-state index is -0.519. The van der Waals surface area contributed by atoms with Crippen molar-refractivity contribution in [3.8, 4) is 5.75 Å². The first-order valence-corrected chi connectivity index (χ1v) is 8.17. The smallest absolute Gasteiger partial charge is 0.257 e. The number of nitrogens with two attached hydrogens (primary N) is 1. The van der Waals surface area contributed by atoms with Crippen molar-refractivity contribution < 1.29 is 18.7 Å². The molecule has 0 saturated carbocycles. The number of rotatable bonds is 3. The van der Waals surface area contributed by atoms with Crippen LogP contribution >= 0.6 is 24.0 Å². The second-order valence-corrected chi connectivity index (χ2v) is 6.11. The molecule has 0 spiro atoms. The molecule has 8 heteroatoms. The number of anilines is 1. The molecular formula is C18H19Cl2FN2O3. The molecule has 1 unspecified atom stereocenters. The molecule has 0 bridgehead atoms. The van der Waals surface area contributed by atoms with Gasteiger partial charge < -0.3 is 20.1 Å². The Hall–Kier alpha value is -2.02. The molecule has 0 aromatic heterocycles. The molecule has 1 heterocycles. The molecule has 140 valence electrons. The highest BCUT2D eigenvalue weighted by atomic mass is 35.5. The van der Waals surface area contributed by atoms with E-state index in [9.17, 15) is 9.18 Å². The summed E-state index contributed by atoms with van der Waals surface area (Å²) >= 11 is 6.05. The third-order valence-electron chi connectivity index (χ3n) is 4.15. The topological polar surface area (TPSA) is 64.8 Å². The van der Waals surface area contributed by atoms with E-state index in [-0.39, 0.29) is 35.7 Å². The zero-order valence-corrected chi connectivity index (χ0v) is 15.6. The van der Waals surface area contributed by atoms with Gasteiger partial charge in [0.25, 0.3) is 5.91 Å². The van der Waals surface area contributed by atoms with Gasteiger partial charge in [0.1, 0.15) is 17.7 Å². The Morgan fingerprint density at radius 2 is 2.12 bits per heavy atom. The lowest BCUT2D eigenvalue weighted by Gasteiger charge is -2.33.